The molecule has 17 heavy (non-hydrogen) atoms. The Morgan fingerprint density at radius 3 is 2.59 bits per heavy atom. The van der Waals surface area contributed by atoms with E-state index in [4.69, 9.17) is 0 Å². The summed E-state index contributed by atoms with van der Waals surface area (Å²) in [4.78, 5) is 22.1. The van der Waals surface area contributed by atoms with Crippen LogP contribution in [0.2, 0.25) is 0 Å². The van der Waals surface area contributed by atoms with Crippen molar-refractivity contribution in [3.05, 3.63) is 52.2 Å². The molecule has 1 N–H and O–H groups in total. The first-order valence-corrected chi connectivity index (χ1v) is 6.08. The third-order valence-electron chi connectivity index (χ3n) is 2.28. The molecule has 1 heterocycles. The van der Waals surface area contributed by atoms with Crippen molar-refractivity contribution in [2.75, 3.05) is 5.32 Å². The van der Waals surface area contributed by atoms with E-state index in [2.05, 4.69) is 5.32 Å². The van der Waals surface area contributed by atoms with Crippen molar-refractivity contribution < 1.29 is 9.59 Å². The Balaban J connectivity index is 1.95. The van der Waals surface area contributed by atoms with Crippen LogP contribution in [0, 0.1) is 0 Å². The maximum atomic E-state index is 11.7. The van der Waals surface area contributed by atoms with E-state index in [1.54, 1.807) is 35.6 Å². The lowest BCUT2D eigenvalue weighted by molar-refractivity contribution is -0.115. The van der Waals surface area contributed by atoms with E-state index in [1.807, 2.05) is 16.8 Å². The van der Waals surface area contributed by atoms with Crippen LogP contribution in [0.25, 0.3) is 0 Å². The van der Waals surface area contributed by atoms with Crippen LogP contribution in [0.4, 0.5) is 5.69 Å². The topological polar surface area (TPSA) is 46.2 Å². The molecule has 0 spiro atoms. The van der Waals surface area contributed by atoms with Crippen LogP contribution in [0.15, 0.2) is 41.1 Å². The van der Waals surface area contributed by atoms with Crippen LogP contribution in [-0.2, 0) is 11.2 Å². The highest BCUT2D eigenvalue weighted by Crippen LogP contribution is 2.11. The summed E-state index contributed by atoms with van der Waals surface area (Å²) in [5.74, 6) is -0.0535. The number of anilines is 1. The van der Waals surface area contributed by atoms with Crippen LogP contribution in [0.5, 0.6) is 0 Å². The van der Waals surface area contributed by atoms with Gasteiger partial charge in [-0.05, 0) is 46.7 Å². The summed E-state index contributed by atoms with van der Waals surface area (Å²) in [5, 5.41) is 6.68. The molecule has 2 rings (SSSR count). The number of rotatable bonds is 4. The van der Waals surface area contributed by atoms with Gasteiger partial charge in [0, 0.05) is 11.3 Å². The van der Waals surface area contributed by atoms with Gasteiger partial charge in [0.2, 0.25) is 5.91 Å². The second kappa shape index (κ2) is 5.41. The number of thiophene rings is 1. The number of hydrogen-bond donors (Lipinski definition) is 1. The van der Waals surface area contributed by atoms with Crippen LogP contribution >= 0.6 is 11.3 Å². The summed E-state index contributed by atoms with van der Waals surface area (Å²) in [7, 11) is 0. The fourth-order valence-electron chi connectivity index (χ4n) is 1.43. The highest BCUT2D eigenvalue weighted by Gasteiger charge is 2.04. The van der Waals surface area contributed by atoms with Crippen molar-refractivity contribution in [2.45, 2.75) is 6.42 Å². The number of carbonyl (C=O) groups is 2. The Bertz CT molecular complexity index is 503. The smallest absolute Gasteiger partial charge is 0.228 e. The SMILES string of the molecule is O=Cc1ccc(NC(=O)Cc2ccsc2)cc1. The molecule has 0 saturated carbocycles. The van der Waals surface area contributed by atoms with Crippen molar-refractivity contribution in [3.8, 4) is 0 Å². The lowest BCUT2D eigenvalue weighted by atomic mass is 10.2. The van der Waals surface area contributed by atoms with Crippen LogP contribution < -0.4 is 5.32 Å². The van der Waals surface area contributed by atoms with Crippen molar-refractivity contribution >= 4 is 29.2 Å². The molecule has 3 nitrogen and oxygen atoms in total. The zero-order valence-electron chi connectivity index (χ0n) is 9.05. The Labute approximate surface area is 103 Å². The lowest BCUT2D eigenvalue weighted by Crippen LogP contribution is -2.13. The average molecular weight is 245 g/mol. The highest BCUT2D eigenvalue weighted by molar-refractivity contribution is 7.08. The van der Waals surface area contributed by atoms with Gasteiger partial charge in [0.05, 0.1) is 6.42 Å². The summed E-state index contributed by atoms with van der Waals surface area (Å²) in [6.45, 7) is 0. The molecular formula is C13H11NO2S. The molecule has 86 valence electrons. The van der Waals surface area contributed by atoms with E-state index < -0.39 is 0 Å². The molecule has 0 atom stereocenters. The normalized spacial score (nSPS) is 9.88. The Kier molecular flexibility index (Phi) is 3.67. The molecule has 4 heteroatoms. The van der Waals surface area contributed by atoms with Gasteiger partial charge in [0.15, 0.2) is 0 Å². The Hall–Kier alpha value is -1.94. The summed E-state index contributed by atoms with van der Waals surface area (Å²) in [5.41, 5.74) is 2.31. The zero-order valence-corrected chi connectivity index (χ0v) is 9.87. The average Bonchev–Trinajstić information content (AvgIpc) is 2.82. The van der Waals surface area contributed by atoms with Crippen molar-refractivity contribution in [2.24, 2.45) is 0 Å². The van der Waals surface area contributed by atoms with E-state index in [0.717, 1.165) is 11.8 Å². The lowest BCUT2D eigenvalue weighted by Gasteiger charge is -2.04. The number of nitrogens with one attached hydrogen (secondary N) is 1. The first kappa shape index (κ1) is 11.5. The first-order valence-electron chi connectivity index (χ1n) is 5.14. The maximum Gasteiger partial charge on any atom is 0.228 e. The minimum Gasteiger partial charge on any atom is -0.326 e. The summed E-state index contributed by atoms with van der Waals surface area (Å²) in [6, 6.07) is 8.71. The van der Waals surface area contributed by atoms with Gasteiger partial charge in [-0.3, -0.25) is 9.59 Å². The number of hydrogen-bond acceptors (Lipinski definition) is 3. The monoisotopic (exact) mass is 245 g/mol. The van der Waals surface area contributed by atoms with Crippen molar-refractivity contribution in [3.63, 3.8) is 0 Å². The summed E-state index contributed by atoms with van der Waals surface area (Å²) < 4.78 is 0. The molecule has 0 aliphatic rings. The molecule has 0 unspecified atom stereocenters. The summed E-state index contributed by atoms with van der Waals surface area (Å²) in [6.07, 6.45) is 1.15. The molecule has 0 radical (unpaired) electrons. The zero-order chi connectivity index (χ0) is 12.1. The van der Waals surface area contributed by atoms with Crippen molar-refractivity contribution in [1.82, 2.24) is 0 Å². The van der Waals surface area contributed by atoms with E-state index >= 15 is 0 Å². The fraction of sp³-hybridized carbons (Fsp3) is 0.0769. The fourth-order valence-corrected chi connectivity index (χ4v) is 2.10. The maximum absolute atomic E-state index is 11.7. The van der Waals surface area contributed by atoms with E-state index in [9.17, 15) is 9.59 Å². The van der Waals surface area contributed by atoms with E-state index in [-0.39, 0.29) is 5.91 Å². The molecule has 0 aliphatic carbocycles. The van der Waals surface area contributed by atoms with Gasteiger partial charge in [0.25, 0.3) is 0 Å². The second-order valence-electron chi connectivity index (χ2n) is 3.60. The molecule has 0 bridgehead atoms. The number of amides is 1. The standard InChI is InChI=1S/C13H11NO2S/c15-8-10-1-3-12(4-2-10)14-13(16)7-11-5-6-17-9-11/h1-6,8-9H,7H2,(H,14,16). The Morgan fingerprint density at radius 1 is 1.24 bits per heavy atom. The van der Waals surface area contributed by atoms with Gasteiger partial charge in [0.1, 0.15) is 6.29 Å². The van der Waals surface area contributed by atoms with Crippen molar-refractivity contribution in [1.29, 1.82) is 0 Å². The third kappa shape index (κ3) is 3.26. The van der Waals surface area contributed by atoms with Gasteiger partial charge in [-0.2, -0.15) is 11.3 Å². The van der Waals surface area contributed by atoms with E-state index in [0.29, 0.717) is 17.7 Å². The van der Waals surface area contributed by atoms with Crippen LogP contribution in [0.1, 0.15) is 15.9 Å². The van der Waals surface area contributed by atoms with Gasteiger partial charge >= 0.3 is 0 Å². The predicted molar refractivity (Wildman–Crippen MR) is 68.5 cm³/mol. The molecule has 0 fully saturated rings. The number of carbonyl (C=O) groups excluding carboxylic acids is 2. The highest BCUT2D eigenvalue weighted by atomic mass is 32.1. The Morgan fingerprint density at radius 2 is 2.00 bits per heavy atom. The minimum absolute atomic E-state index is 0.0535. The van der Waals surface area contributed by atoms with Crippen LogP contribution in [-0.4, -0.2) is 12.2 Å². The quantitative estimate of drug-likeness (QED) is 0.842. The van der Waals surface area contributed by atoms with Gasteiger partial charge < -0.3 is 5.32 Å². The number of benzene rings is 1. The van der Waals surface area contributed by atoms with Gasteiger partial charge in [-0.15, -0.1) is 0 Å². The predicted octanol–water partition coefficient (Wildman–Crippen LogP) is 2.74. The molecule has 2 aromatic rings. The molecule has 1 amide bonds. The van der Waals surface area contributed by atoms with Crippen LogP contribution in [0.3, 0.4) is 0 Å². The largest absolute Gasteiger partial charge is 0.326 e. The number of aldehydes is 1. The summed E-state index contributed by atoms with van der Waals surface area (Å²) >= 11 is 1.57. The minimum atomic E-state index is -0.0535. The molecule has 1 aromatic carbocycles. The molecular weight excluding hydrogens is 234 g/mol. The molecule has 0 aliphatic heterocycles. The second-order valence-corrected chi connectivity index (χ2v) is 4.38. The third-order valence-corrected chi connectivity index (χ3v) is 3.01. The molecule has 0 saturated heterocycles. The van der Waals surface area contributed by atoms with E-state index in [1.165, 1.54) is 0 Å². The van der Waals surface area contributed by atoms with Gasteiger partial charge in [-0.1, -0.05) is 0 Å². The van der Waals surface area contributed by atoms with Gasteiger partial charge in [-0.25, -0.2) is 0 Å². The first-order chi connectivity index (χ1) is 8.28. The molecule has 1 aromatic heterocycles.